The molecule has 0 aliphatic rings. The smallest absolute Gasteiger partial charge is 0.872 e. The van der Waals surface area contributed by atoms with Gasteiger partial charge in [-0.2, -0.15) is 10.2 Å². The summed E-state index contributed by atoms with van der Waals surface area (Å²) in [5.41, 5.74) is 0.387. The summed E-state index contributed by atoms with van der Waals surface area (Å²) in [6, 6.07) is 11.0. The SMILES string of the molecule is O=C(O)c1cc(N=N[C@H](Cc2ccccc2)C(=O)[O-])ccc1[O-].[Na+].[Na+]. The third-order valence-electron chi connectivity index (χ3n) is 3.05. The van der Waals surface area contributed by atoms with Crippen molar-refractivity contribution in [2.45, 2.75) is 12.5 Å². The van der Waals surface area contributed by atoms with Crippen LogP contribution in [0.4, 0.5) is 5.69 Å². The van der Waals surface area contributed by atoms with Crippen LogP contribution in [0.2, 0.25) is 0 Å². The number of hydrogen-bond acceptors (Lipinski definition) is 6. The zero-order valence-electron chi connectivity index (χ0n) is 13.9. The summed E-state index contributed by atoms with van der Waals surface area (Å²) in [6.45, 7) is 0. The first-order chi connectivity index (χ1) is 11.0. The third kappa shape index (κ3) is 7.27. The van der Waals surface area contributed by atoms with Gasteiger partial charge in [0.25, 0.3) is 0 Å². The Kier molecular flexibility index (Phi) is 10.8. The Bertz CT molecular complexity index is 753. The van der Waals surface area contributed by atoms with Crippen molar-refractivity contribution in [1.82, 2.24) is 0 Å². The van der Waals surface area contributed by atoms with Crippen LogP contribution in [0, 0.1) is 0 Å². The molecule has 1 N–H and O–H groups in total. The first kappa shape index (κ1) is 23.8. The summed E-state index contributed by atoms with van der Waals surface area (Å²) < 4.78 is 0. The molecule has 0 bridgehead atoms. The van der Waals surface area contributed by atoms with Gasteiger partial charge in [0, 0.05) is 6.42 Å². The molecule has 0 radical (unpaired) electrons. The molecule has 0 heterocycles. The van der Waals surface area contributed by atoms with E-state index in [1.165, 1.54) is 6.07 Å². The van der Waals surface area contributed by atoms with Gasteiger partial charge in [-0.25, -0.2) is 4.79 Å². The Hall–Kier alpha value is -1.22. The Labute approximate surface area is 188 Å². The molecule has 7 nitrogen and oxygen atoms in total. The number of azo groups is 1. The van der Waals surface area contributed by atoms with Gasteiger partial charge in [0.1, 0.15) is 6.04 Å². The second-order valence-electron chi connectivity index (χ2n) is 4.73. The number of carbonyl (C=O) groups is 2. The molecule has 2 aromatic carbocycles. The molecular weight excluding hydrogens is 346 g/mol. The zero-order valence-corrected chi connectivity index (χ0v) is 17.9. The molecule has 2 rings (SSSR count). The van der Waals surface area contributed by atoms with Crippen molar-refractivity contribution in [3.63, 3.8) is 0 Å². The van der Waals surface area contributed by atoms with Gasteiger partial charge in [-0.3, -0.25) is 0 Å². The first-order valence-electron chi connectivity index (χ1n) is 6.67. The van der Waals surface area contributed by atoms with Gasteiger partial charge in [0.2, 0.25) is 0 Å². The van der Waals surface area contributed by atoms with Crippen molar-refractivity contribution in [2.24, 2.45) is 10.2 Å². The van der Waals surface area contributed by atoms with Crippen LogP contribution in [0.3, 0.4) is 0 Å². The van der Waals surface area contributed by atoms with Gasteiger partial charge in [-0.1, -0.05) is 42.1 Å². The fraction of sp³-hybridized carbons (Fsp3) is 0.125. The van der Waals surface area contributed by atoms with Crippen molar-refractivity contribution in [1.29, 1.82) is 0 Å². The minimum atomic E-state index is -1.39. The standard InChI is InChI=1S/C16H14N2O5.2Na/c19-14-7-6-11(9-12(14)15(20)21)17-18-13(16(22)23)8-10-4-2-1-3-5-10;;/h1-7,9,13,19H,8H2,(H,20,21)(H,22,23);;/q;2*+1/p-2/t13-;;/m1../s1. The second-order valence-corrected chi connectivity index (χ2v) is 4.73. The van der Waals surface area contributed by atoms with Gasteiger partial charge in [0.05, 0.1) is 17.2 Å². The van der Waals surface area contributed by atoms with Crippen LogP contribution in [0.25, 0.3) is 0 Å². The van der Waals surface area contributed by atoms with Crippen LogP contribution >= 0.6 is 0 Å². The fourth-order valence-corrected chi connectivity index (χ4v) is 1.89. The van der Waals surface area contributed by atoms with E-state index in [1.807, 2.05) is 0 Å². The molecule has 0 fully saturated rings. The third-order valence-corrected chi connectivity index (χ3v) is 3.05. The van der Waals surface area contributed by atoms with E-state index in [0.29, 0.717) is 0 Å². The van der Waals surface area contributed by atoms with Crippen LogP contribution in [-0.4, -0.2) is 23.1 Å². The van der Waals surface area contributed by atoms with Gasteiger partial charge in [-0.05, 0) is 17.7 Å². The average molecular weight is 358 g/mol. The van der Waals surface area contributed by atoms with E-state index in [0.717, 1.165) is 17.7 Å². The Balaban J connectivity index is 0.00000288. The minimum absolute atomic E-state index is 0. The molecule has 25 heavy (non-hydrogen) atoms. The average Bonchev–Trinajstić information content (AvgIpc) is 2.53. The number of nitrogens with zero attached hydrogens (tertiary/aromatic N) is 2. The summed E-state index contributed by atoms with van der Waals surface area (Å²) in [5.74, 6) is -3.43. The molecule has 0 saturated heterocycles. The molecule has 9 heteroatoms. The minimum Gasteiger partial charge on any atom is -0.872 e. The summed E-state index contributed by atoms with van der Waals surface area (Å²) in [5, 5.41) is 38.8. The molecule has 0 amide bonds. The second kappa shape index (κ2) is 11.4. The number of carbonyl (C=O) groups excluding carboxylic acids is 1. The predicted octanol–water partition coefficient (Wildman–Crippen LogP) is -5.09. The van der Waals surface area contributed by atoms with Gasteiger partial charge >= 0.3 is 65.1 Å². The van der Waals surface area contributed by atoms with E-state index in [-0.39, 0.29) is 71.2 Å². The van der Waals surface area contributed by atoms with E-state index in [4.69, 9.17) is 5.11 Å². The fourth-order valence-electron chi connectivity index (χ4n) is 1.89. The molecule has 118 valence electrons. The Morgan fingerprint density at radius 3 is 2.28 bits per heavy atom. The number of aliphatic carboxylic acids is 1. The van der Waals surface area contributed by atoms with Crippen molar-refractivity contribution in [2.75, 3.05) is 0 Å². The van der Waals surface area contributed by atoms with Gasteiger partial charge in [-0.15, -0.1) is 0 Å². The van der Waals surface area contributed by atoms with Gasteiger partial charge < -0.3 is 20.1 Å². The number of rotatable bonds is 6. The molecule has 0 aliphatic carbocycles. The first-order valence-corrected chi connectivity index (χ1v) is 6.67. The number of benzene rings is 2. The van der Waals surface area contributed by atoms with Crippen molar-refractivity contribution >= 4 is 17.6 Å². The van der Waals surface area contributed by atoms with Crippen LogP contribution in [0.5, 0.6) is 5.75 Å². The monoisotopic (exact) mass is 358 g/mol. The number of aromatic carboxylic acids is 1. The van der Waals surface area contributed by atoms with Crippen molar-refractivity contribution < 1.29 is 84.0 Å². The van der Waals surface area contributed by atoms with Crippen molar-refractivity contribution in [3.8, 4) is 5.75 Å². The Morgan fingerprint density at radius 2 is 1.72 bits per heavy atom. The van der Waals surface area contributed by atoms with Crippen LogP contribution in [0.1, 0.15) is 15.9 Å². The van der Waals surface area contributed by atoms with Crippen molar-refractivity contribution in [3.05, 3.63) is 59.7 Å². The van der Waals surface area contributed by atoms with Crippen LogP contribution in [0.15, 0.2) is 58.8 Å². The quantitative estimate of drug-likeness (QED) is 0.409. The van der Waals surface area contributed by atoms with Gasteiger partial charge in [0.15, 0.2) is 0 Å². The maximum absolute atomic E-state index is 11.3. The topological polar surface area (TPSA) is 125 Å². The molecule has 0 spiro atoms. The normalized spacial score (nSPS) is 11.2. The maximum Gasteiger partial charge on any atom is 1.00 e. The molecular formula is C16H12N2Na2O5. The number of hydrogen-bond donors (Lipinski definition) is 1. The zero-order chi connectivity index (χ0) is 16.8. The molecule has 1 atom stereocenters. The molecule has 0 saturated carbocycles. The van der Waals surface area contributed by atoms with Crippen LogP contribution < -0.4 is 69.3 Å². The number of carboxylic acid groups (broad SMARTS) is 2. The van der Waals surface area contributed by atoms with E-state index >= 15 is 0 Å². The Morgan fingerprint density at radius 1 is 1.08 bits per heavy atom. The largest absolute Gasteiger partial charge is 1.00 e. The maximum atomic E-state index is 11.3. The van der Waals surface area contributed by atoms with Crippen LogP contribution in [-0.2, 0) is 11.2 Å². The van der Waals surface area contributed by atoms with E-state index in [1.54, 1.807) is 30.3 Å². The molecule has 0 aromatic heterocycles. The summed E-state index contributed by atoms with van der Waals surface area (Å²) >= 11 is 0. The predicted molar refractivity (Wildman–Crippen MR) is 76.3 cm³/mol. The summed E-state index contributed by atoms with van der Waals surface area (Å²) in [6.07, 6.45) is 0.0953. The number of carboxylic acids is 2. The van der Waals surface area contributed by atoms with E-state index in [9.17, 15) is 19.8 Å². The molecule has 0 unspecified atom stereocenters. The summed E-state index contributed by atoms with van der Waals surface area (Å²) in [7, 11) is 0. The summed E-state index contributed by atoms with van der Waals surface area (Å²) in [4.78, 5) is 22.0. The molecule has 0 aliphatic heterocycles. The molecule has 2 aromatic rings. The van der Waals surface area contributed by atoms with E-state index in [2.05, 4.69) is 10.2 Å². The van der Waals surface area contributed by atoms with E-state index < -0.39 is 29.3 Å².